The zero-order valence-electron chi connectivity index (χ0n) is 19.8. The fourth-order valence-corrected chi connectivity index (χ4v) is 5.21. The van der Waals surface area contributed by atoms with Crippen molar-refractivity contribution < 1.29 is 17.7 Å². The highest BCUT2D eigenvalue weighted by Crippen LogP contribution is 2.45. The van der Waals surface area contributed by atoms with Crippen molar-refractivity contribution in [3.63, 3.8) is 0 Å². The number of fused-ring (bicyclic) bond motifs is 1. The summed E-state index contributed by atoms with van der Waals surface area (Å²) in [6, 6.07) is 7.51. The van der Waals surface area contributed by atoms with Crippen LogP contribution >= 0.6 is 18.7 Å². The monoisotopic (exact) mass is 530 g/mol. The molecular formula is C26H23ClF3N4OP. The molecule has 5 nitrogen and oxygen atoms in total. The van der Waals surface area contributed by atoms with Crippen molar-refractivity contribution in [2.45, 2.75) is 25.8 Å². The summed E-state index contributed by atoms with van der Waals surface area (Å²) in [6.45, 7) is 4.92. The van der Waals surface area contributed by atoms with Gasteiger partial charge in [0.1, 0.15) is 30.0 Å². The molecule has 0 radical (unpaired) electrons. The molecule has 0 bridgehead atoms. The third kappa shape index (κ3) is 4.84. The highest BCUT2D eigenvalue weighted by Gasteiger charge is 2.34. The Hall–Kier alpha value is -2.96. The Morgan fingerprint density at radius 2 is 1.75 bits per heavy atom. The van der Waals surface area contributed by atoms with Gasteiger partial charge in [-0.15, -0.1) is 0 Å². The summed E-state index contributed by atoms with van der Waals surface area (Å²) in [5.74, 6) is -1.77. The fourth-order valence-electron chi connectivity index (χ4n) is 4.26. The van der Waals surface area contributed by atoms with Crippen LogP contribution < -0.4 is 10.8 Å². The summed E-state index contributed by atoms with van der Waals surface area (Å²) in [6.07, 6.45) is 3.21. The minimum Gasteiger partial charge on any atom is -0.375 e. The summed E-state index contributed by atoms with van der Waals surface area (Å²) >= 11 is 6.65. The van der Waals surface area contributed by atoms with Gasteiger partial charge in [0, 0.05) is 23.9 Å². The second-order valence-corrected chi connectivity index (χ2v) is 13.0. The van der Waals surface area contributed by atoms with Crippen LogP contribution in [0.4, 0.5) is 18.9 Å². The maximum Gasteiger partial charge on any atom is 0.151 e. The maximum atomic E-state index is 15.1. The highest BCUT2D eigenvalue weighted by atomic mass is 35.5. The first-order valence-corrected chi connectivity index (χ1v) is 14.4. The number of hydrogen-bond donors (Lipinski definition) is 1. The van der Waals surface area contributed by atoms with Gasteiger partial charge < -0.3 is 9.88 Å². The van der Waals surface area contributed by atoms with E-state index >= 15 is 4.39 Å². The molecular weight excluding hydrogens is 508 g/mol. The Kier molecular flexibility index (Phi) is 6.29. The summed E-state index contributed by atoms with van der Waals surface area (Å²) in [5, 5.41) is 3.64. The van der Waals surface area contributed by atoms with E-state index in [1.54, 1.807) is 32.4 Å². The molecule has 0 unspecified atom stereocenters. The molecule has 1 aliphatic carbocycles. The molecule has 1 fully saturated rings. The molecule has 36 heavy (non-hydrogen) atoms. The largest absolute Gasteiger partial charge is 0.375 e. The van der Waals surface area contributed by atoms with Crippen LogP contribution in [0.2, 0.25) is 5.02 Å². The summed E-state index contributed by atoms with van der Waals surface area (Å²) in [7, 11) is -2.57. The maximum absolute atomic E-state index is 15.1. The topological polar surface area (TPSA) is 67.8 Å². The Balaban J connectivity index is 1.64. The average Bonchev–Trinajstić information content (AvgIpc) is 3.63. The summed E-state index contributed by atoms with van der Waals surface area (Å²) < 4.78 is 55.5. The van der Waals surface area contributed by atoms with E-state index in [1.807, 2.05) is 0 Å². The van der Waals surface area contributed by atoms with E-state index in [2.05, 4.69) is 20.3 Å². The molecule has 0 spiro atoms. The van der Waals surface area contributed by atoms with Gasteiger partial charge in [0.15, 0.2) is 5.82 Å². The van der Waals surface area contributed by atoms with Crippen molar-refractivity contribution in [2.75, 3.05) is 18.6 Å². The lowest BCUT2D eigenvalue weighted by molar-refractivity contribution is 0.570. The van der Waals surface area contributed by atoms with Crippen LogP contribution in [0.5, 0.6) is 0 Å². The van der Waals surface area contributed by atoms with E-state index in [-0.39, 0.29) is 17.1 Å². The van der Waals surface area contributed by atoms with Gasteiger partial charge in [-0.3, -0.25) is 4.98 Å². The van der Waals surface area contributed by atoms with Gasteiger partial charge in [-0.05, 0) is 68.8 Å². The van der Waals surface area contributed by atoms with Crippen LogP contribution in [-0.2, 0) is 4.57 Å². The predicted octanol–water partition coefficient (Wildman–Crippen LogP) is 6.88. The molecule has 1 saturated carbocycles. The number of rotatable bonds is 6. The van der Waals surface area contributed by atoms with E-state index in [1.165, 1.54) is 24.4 Å². The van der Waals surface area contributed by atoms with Gasteiger partial charge in [-0.2, -0.15) is 0 Å². The predicted molar refractivity (Wildman–Crippen MR) is 137 cm³/mol. The number of halogens is 4. The Labute approximate surface area is 211 Å². The van der Waals surface area contributed by atoms with Gasteiger partial charge >= 0.3 is 0 Å². The van der Waals surface area contributed by atoms with Gasteiger partial charge in [0.2, 0.25) is 0 Å². The van der Waals surface area contributed by atoms with Crippen LogP contribution in [0.1, 0.15) is 30.1 Å². The van der Waals surface area contributed by atoms with Crippen molar-refractivity contribution in [1.29, 1.82) is 0 Å². The minimum absolute atomic E-state index is 0.0353. The van der Waals surface area contributed by atoms with Crippen LogP contribution in [0.3, 0.4) is 0 Å². The van der Waals surface area contributed by atoms with Crippen molar-refractivity contribution in [3.8, 4) is 11.3 Å². The Bertz CT molecular complexity index is 1520. The zero-order chi connectivity index (χ0) is 25.8. The molecule has 10 heteroatoms. The number of pyridine rings is 3. The van der Waals surface area contributed by atoms with E-state index in [0.29, 0.717) is 38.5 Å². The fraction of sp³-hybridized carbons (Fsp3) is 0.269. The second kappa shape index (κ2) is 9.16. The molecule has 1 aromatic carbocycles. The van der Waals surface area contributed by atoms with Gasteiger partial charge in [-0.25, -0.2) is 23.1 Å². The number of benzene rings is 1. The first-order valence-electron chi connectivity index (χ1n) is 11.4. The summed E-state index contributed by atoms with van der Waals surface area (Å²) in [4.78, 5) is 13.2. The zero-order valence-corrected chi connectivity index (χ0v) is 21.5. The van der Waals surface area contributed by atoms with E-state index in [0.717, 1.165) is 18.9 Å². The molecule has 3 heterocycles. The van der Waals surface area contributed by atoms with Crippen LogP contribution in [0, 0.1) is 30.3 Å². The number of anilines is 1. The minimum atomic E-state index is -2.57. The van der Waals surface area contributed by atoms with Crippen LogP contribution in [-0.4, -0.2) is 28.3 Å². The molecule has 1 aliphatic rings. The molecule has 4 aromatic rings. The molecule has 5 rings (SSSR count). The third-order valence-corrected chi connectivity index (χ3v) is 8.06. The highest BCUT2D eigenvalue weighted by molar-refractivity contribution is 7.69. The smallest absolute Gasteiger partial charge is 0.151 e. The van der Waals surface area contributed by atoms with Crippen LogP contribution in [0.15, 0.2) is 42.6 Å². The number of hydrogen-bond acceptors (Lipinski definition) is 5. The van der Waals surface area contributed by atoms with Crippen molar-refractivity contribution in [1.82, 2.24) is 15.0 Å². The van der Waals surface area contributed by atoms with Crippen molar-refractivity contribution >= 4 is 40.9 Å². The standard InChI is InChI=1S/C26H23ClF3N4OP/c1-13-22(27)26(33-23(14-4-5-14)16-8-17(28)10-18(29)9-16)25-20(32-13)11-19(30)24(34-25)15-6-7-21(31-12-15)36(2,3)35/h6-12,14,23H,4-5H2,1-3H3,(H,32,33)/t23-/m0/s1. The van der Waals surface area contributed by atoms with Crippen LogP contribution in [0.25, 0.3) is 22.3 Å². The van der Waals surface area contributed by atoms with E-state index in [4.69, 9.17) is 11.6 Å². The molecule has 0 saturated heterocycles. The lowest BCUT2D eigenvalue weighted by Crippen LogP contribution is -2.15. The average molecular weight is 531 g/mol. The Morgan fingerprint density at radius 3 is 2.33 bits per heavy atom. The van der Waals surface area contributed by atoms with Gasteiger partial charge in [-0.1, -0.05) is 11.6 Å². The van der Waals surface area contributed by atoms with E-state index in [9.17, 15) is 13.3 Å². The Morgan fingerprint density at radius 1 is 1.06 bits per heavy atom. The van der Waals surface area contributed by atoms with Gasteiger partial charge in [0.25, 0.3) is 0 Å². The SMILES string of the molecule is Cc1nc2cc(F)c(-c3ccc(P(C)(C)=O)nc3)nc2c(N[C@H](c2cc(F)cc(F)c2)C2CC2)c1Cl. The molecule has 1 atom stereocenters. The molecule has 1 N–H and O–H groups in total. The molecule has 0 aliphatic heterocycles. The first-order chi connectivity index (χ1) is 17.0. The molecule has 186 valence electrons. The van der Waals surface area contributed by atoms with E-state index < -0.39 is 30.6 Å². The number of nitrogens with zero attached hydrogens (tertiary/aromatic N) is 3. The number of nitrogens with one attached hydrogen (secondary N) is 1. The normalized spacial score (nSPS) is 14.8. The summed E-state index contributed by atoms with van der Waals surface area (Å²) in [5.41, 5.74) is 2.82. The quantitative estimate of drug-likeness (QED) is 0.275. The lowest BCUT2D eigenvalue weighted by atomic mass is 10.0. The second-order valence-electron chi connectivity index (χ2n) is 9.49. The van der Waals surface area contributed by atoms with Gasteiger partial charge in [0.05, 0.1) is 33.4 Å². The molecule has 3 aromatic heterocycles. The first kappa shape index (κ1) is 24.7. The number of aromatic nitrogens is 3. The lowest BCUT2D eigenvalue weighted by Gasteiger charge is -2.23. The van der Waals surface area contributed by atoms with Crippen molar-refractivity contribution in [2.24, 2.45) is 5.92 Å². The third-order valence-electron chi connectivity index (χ3n) is 6.23. The van der Waals surface area contributed by atoms with Crippen molar-refractivity contribution in [3.05, 3.63) is 76.3 Å². The number of aryl methyl sites for hydroxylation is 1. The molecule has 0 amide bonds.